The lowest BCUT2D eigenvalue weighted by Gasteiger charge is -2.41. The molecule has 0 atom stereocenters. The minimum absolute atomic E-state index is 0.0372. The monoisotopic (exact) mass is 293 g/mol. The second kappa shape index (κ2) is 6.43. The molecule has 3 N–H and O–H groups in total. The van der Waals surface area contributed by atoms with Gasteiger partial charge < -0.3 is 20.5 Å². The number of carbonyl (C=O) groups is 2. The summed E-state index contributed by atoms with van der Waals surface area (Å²) in [7, 11) is 1.54. The number of pyridine rings is 1. The van der Waals surface area contributed by atoms with E-state index in [9.17, 15) is 9.59 Å². The molecular formula is C14H19N3O4. The van der Waals surface area contributed by atoms with Gasteiger partial charge in [0.05, 0.1) is 19.1 Å². The van der Waals surface area contributed by atoms with Crippen LogP contribution in [0.1, 0.15) is 31.2 Å². The number of methoxy groups -OCH3 is 1. The number of hydrogen-bond donors (Lipinski definition) is 3. The second-order valence-corrected chi connectivity index (χ2v) is 5.22. The molecule has 21 heavy (non-hydrogen) atoms. The highest BCUT2D eigenvalue weighted by molar-refractivity contribution is 5.77. The summed E-state index contributed by atoms with van der Waals surface area (Å²) in [6, 6.07) is 3.17. The fourth-order valence-corrected chi connectivity index (χ4v) is 2.34. The standard InChI is InChI=1S/C14H19N3O4/c1-21-11-4-3-10(8-15-11)9-16-13(20)17-14(5-2-6-14)7-12(18)19/h3-4,8H,2,5-7,9H2,1H3,(H,18,19)(H2,16,17,20). The second-order valence-electron chi connectivity index (χ2n) is 5.22. The highest BCUT2D eigenvalue weighted by atomic mass is 16.5. The first-order valence-electron chi connectivity index (χ1n) is 6.80. The van der Waals surface area contributed by atoms with Crippen LogP contribution in [0.25, 0.3) is 0 Å². The van der Waals surface area contributed by atoms with Gasteiger partial charge in [0.25, 0.3) is 0 Å². The van der Waals surface area contributed by atoms with Crippen molar-refractivity contribution in [3.8, 4) is 5.88 Å². The quantitative estimate of drug-likeness (QED) is 0.733. The van der Waals surface area contributed by atoms with Crippen molar-refractivity contribution in [3.63, 3.8) is 0 Å². The van der Waals surface area contributed by atoms with E-state index < -0.39 is 11.5 Å². The van der Waals surface area contributed by atoms with Crippen molar-refractivity contribution in [2.45, 2.75) is 37.8 Å². The number of rotatable bonds is 6. The zero-order valence-electron chi connectivity index (χ0n) is 11.9. The van der Waals surface area contributed by atoms with Gasteiger partial charge in [-0.25, -0.2) is 9.78 Å². The Morgan fingerprint density at radius 3 is 2.67 bits per heavy atom. The lowest BCUT2D eigenvalue weighted by molar-refractivity contribution is -0.139. The molecule has 1 aromatic rings. The molecule has 1 aromatic heterocycles. The first-order chi connectivity index (χ1) is 10.0. The van der Waals surface area contributed by atoms with Gasteiger partial charge in [-0.05, 0) is 24.8 Å². The van der Waals surface area contributed by atoms with Gasteiger partial charge in [-0.15, -0.1) is 0 Å². The summed E-state index contributed by atoms with van der Waals surface area (Å²) in [4.78, 5) is 26.8. The summed E-state index contributed by atoms with van der Waals surface area (Å²) in [6.07, 6.45) is 3.93. The third-order valence-electron chi connectivity index (χ3n) is 3.64. The van der Waals surface area contributed by atoms with Gasteiger partial charge in [-0.1, -0.05) is 6.07 Å². The lowest BCUT2D eigenvalue weighted by Crippen LogP contribution is -2.57. The van der Waals surface area contributed by atoms with E-state index in [0.717, 1.165) is 12.0 Å². The molecule has 1 fully saturated rings. The molecule has 0 saturated heterocycles. The molecule has 114 valence electrons. The summed E-state index contributed by atoms with van der Waals surface area (Å²) in [5.74, 6) is -0.382. The minimum atomic E-state index is -0.894. The van der Waals surface area contributed by atoms with Gasteiger partial charge in [0.2, 0.25) is 5.88 Å². The number of nitrogens with zero attached hydrogens (tertiary/aromatic N) is 1. The molecular weight excluding hydrogens is 274 g/mol. The highest BCUT2D eigenvalue weighted by Crippen LogP contribution is 2.34. The zero-order valence-corrected chi connectivity index (χ0v) is 11.9. The molecule has 7 heteroatoms. The molecule has 0 bridgehead atoms. The van der Waals surface area contributed by atoms with Gasteiger partial charge >= 0.3 is 12.0 Å². The van der Waals surface area contributed by atoms with Crippen molar-refractivity contribution in [2.75, 3.05) is 7.11 Å². The van der Waals surface area contributed by atoms with Gasteiger partial charge in [0.1, 0.15) is 0 Å². The van der Waals surface area contributed by atoms with E-state index >= 15 is 0 Å². The van der Waals surface area contributed by atoms with Crippen LogP contribution in [0.5, 0.6) is 5.88 Å². The minimum Gasteiger partial charge on any atom is -0.481 e. The van der Waals surface area contributed by atoms with E-state index in [-0.39, 0.29) is 12.5 Å². The summed E-state index contributed by atoms with van der Waals surface area (Å²) >= 11 is 0. The van der Waals surface area contributed by atoms with Crippen LogP contribution in [0.3, 0.4) is 0 Å². The van der Waals surface area contributed by atoms with Gasteiger partial charge in [-0.3, -0.25) is 4.79 Å². The van der Waals surface area contributed by atoms with E-state index in [2.05, 4.69) is 15.6 Å². The summed E-state index contributed by atoms with van der Waals surface area (Å²) in [5, 5.41) is 14.4. The number of amides is 2. The van der Waals surface area contributed by atoms with E-state index in [0.29, 0.717) is 25.3 Å². The van der Waals surface area contributed by atoms with Gasteiger partial charge in [0, 0.05) is 18.8 Å². The maximum Gasteiger partial charge on any atom is 0.315 e. The summed E-state index contributed by atoms with van der Waals surface area (Å²) in [6.45, 7) is 0.325. The van der Waals surface area contributed by atoms with Crippen molar-refractivity contribution in [3.05, 3.63) is 23.9 Å². The smallest absolute Gasteiger partial charge is 0.315 e. The molecule has 1 aliphatic carbocycles. The number of aromatic nitrogens is 1. The largest absolute Gasteiger partial charge is 0.481 e. The van der Waals surface area contributed by atoms with E-state index in [1.165, 1.54) is 7.11 Å². The number of urea groups is 1. The third-order valence-corrected chi connectivity index (χ3v) is 3.64. The number of ether oxygens (including phenoxy) is 1. The lowest BCUT2D eigenvalue weighted by atomic mass is 9.74. The Morgan fingerprint density at radius 2 is 2.19 bits per heavy atom. The Kier molecular flexibility index (Phi) is 4.62. The van der Waals surface area contributed by atoms with E-state index in [4.69, 9.17) is 9.84 Å². The first kappa shape index (κ1) is 15.1. The van der Waals surface area contributed by atoms with E-state index in [1.807, 2.05) is 6.07 Å². The molecule has 0 spiro atoms. The normalized spacial score (nSPS) is 15.7. The van der Waals surface area contributed by atoms with Crippen molar-refractivity contribution < 1.29 is 19.4 Å². The first-order valence-corrected chi connectivity index (χ1v) is 6.80. The predicted molar refractivity (Wildman–Crippen MR) is 75.0 cm³/mol. The maximum atomic E-state index is 11.9. The molecule has 7 nitrogen and oxygen atoms in total. The number of hydrogen-bond acceptors (Lipinski definition) is 4. The number of aliphatic carboxylic acids is 1. The van der Waals surface area contributed by atoms with Crippen LogP contribution in [0.2, 0.25) is 0 Å². The molecule has 2 amide bonds. The summed E-state index contributed by atoms with van der Waals surface area (Å²) < 4.78 is 4.95. The van der Waals surface area contributed by atoms with Gasteiger partial charge in [-0.2, -0.15) is 0 Å². The van der Waals surface area contributed by atoms with Crippen LogP contribution in [0, 0.1) is 0 Å². The Bertz CT molecular complexity index is 511. The van der Waals surface area contributed by atoms with Crippen molar-refractivity contribution in [1.29, 1.82) is 0 Å². The van der Waals surface area contributed by atoms with Crippen LogP contribution in [-0.2, 0) is 11.3 Å². The average Bonchev–Trinajstić information content (AvgIpc) is 2.43. The molecule has 0 radical (unpaired) electrons. The fraction of sp³-hybridized carbons (Fsp3) is 0.500. The van der Waals surface area contributed by atoms with Crippen LogP contribution in [-0.4, -0.2) is 34.7 Å². The van der Waals surface area contributed by atoms with Crippen LogP contribution in [0.4, 0.5) is 4.79 Å². The number of nitrogens with one attached hydrogen (secondary N) is 2. The topological polar surface area (TPSA) is 101 Å². The number of carbonyl (C=O) groups excluding carboxylic acids is 1. The third kappa shape index (κ3) is 4.08. The highest BCUT2D eigenvalue weighted by Gasteiger charge is 2.40. The molecule has 2 rings (SSSR count). The maximum absolute atomic E-state index is 11.9. The Balaban J connectivity index is 1.82. The van der Waals surface area contributed by atoms with Crippen molar-refractivity contribution >= 4 is 12.0 Å². The van der Waals surface area contributed by atoms with Crippen LogP contribution < -0.4 is 15.4 Å². The molecule has 0 unspecified atom stereocenters. The number of carboxylic acids is 1. The number of carboxylic acid groups (broad SMARTS) is 1. The van der Waals surface area contributed by atoms with Gasteiger partial charge in [0.15, 0.2) is 0 Å². The Hall–Kier alpha value is -2.31. The Morgan fingerprint density at radius 1 is 1.43 bits per heavy atom. The molecule has 1 aliphatic rings. The van der Waals surface area contributed by atoms with E-state index in [1.54, 1.807) is 12.3 Å². The Labute approximate surface area is 122 Å². The molecule has 1 heterocycles. The van der Waals surface area contributed by atoms with Crippen molar-refractivity contribution in [2.24, 2.45) is 0 Å². The molecule has 1 saturated carbocycles. The predicted octanol–water partition coefficient (Wildman–Crippen LogP) is 1.29. The summed E-state index contributed by atoms with van der Waals surface area (Å²) in [5.41, 5.74) is 0.250. The molecule has 0 aromatic carbocycles. The molecule has 0 aliphatic heterocycles. The van der Waals surface area contributed by atoms with Crippen LogP contribution >= 0.6 is 0 Å². The van der Waals surface area contributed by atoms with Crippen molar-refractivity contribution in [1.82, 2.24) is 15.6 Å². The average molecular weight is 293 g/mol. The zero-order chi connectivity index (χ0) is 15.3. The fourth-order valence-electron chi connectivity index (χ4n) is 2.34. The van der Waals surface area contributed by atoms with Crippen LogP contribution in [0.15, 0.2) is 18.3 Å². The SMILES string of the molecule is COc1ccc(CNC(=O)NC2(CC(=O)O)CCC2)cn1.